The van der Waals surface area contributed by atoms with E-state index in [1.807, 2.05) is 12.1 Å². The first-order valence-corrected chi connectivity index (χ1v) is 8.18. The maximum Gasteiger partial charge on any atom is 0.329 e. The lowest BCUT2D eigenvalue weighted by molar-refractivity contribution is -0.144. The third kappa shape index (κ3) is 2.78. The Hall–Kier alpha value is -2.34. The van der Waals surface area contributed by atoms with Gasteiger partial charge in [-0.2, -0.15) is 5.10 Å². The Bertz CT molecular complexity index is 794. The van der Waals surface area contributed by atoms with Gasteiger partial charge in [0.15, 0.2) is 0 Å². The van der Waals surface area contributed by atoms with Gasteiger partial charge >= 0.3 is 5.97 Å². The van der Waals surface area contributed by atoms with Crippen molar-refractivity contribution in [2.24, 2.45) is 0 Å². The molecule has 3 rings (SSSR count). The van der Waals surface area contributed by atoms with Crippen LogP contribution >= 0.6 is 11.6 Å². The number of benzene rings is 1. The largest absolute Gasteiger partial charge is 0.480 e. The number of carboxylic acids is 1. The van der Waals surface area contributed by atoms with Crippen molar-refractivity contribution in [3.63, 3.8) is 0 Å². The van der Waals surface area contributed by atoms with Crippen LogP contribution in [0.3, 0.4) is 0 Å². The molecule has 126 valence electrons. The van der Waals surface area contributed by atoms with Crippen molar-refractivity contribution >= 4 is 23.5 Å². The fraction of sp³-hybridized carbons (Fsp3) is 0.353. The van der Waals surface area contributed by atoms with Gasteiger partial charge in [-0.3, -0.25) is 4.79 Å². The van der Waals surface area contributed by atoms with E-state index in [4.69, 9.17) is 11.6 Å². The number of para-hydroxylation sites is 1. The summed E-state index contributed by atoms with van der Waals surface area (Å²) in [7, 11) is 0. The first kappa shape index (κ1) is 16.5. The average Bonchev–Trinajstić information content (AvgIpc) is 3.16. The van der Waals surface area contributed by atoms with Gasteiger partial charge in [-0.15, -0.1) is 0 Å². The minimum absolute atomic E-state index is 0.349. The molecule has 0 unspecified atom stereocenters. The van der Waals surface area contributed by atoms with Crippen molar-refractivity contribution in [1.29, 1.82) is 0 Å². The average molecular weight is 348 g/mol. The summed E-state index contributed by atoms with van der Waals surface area (Å²) in [5.41, 5.74) is 0.460. The number of amides is 1. The van der Waals surface area contributed by atoms with E-state index in [0.29, 0.717) is 34.8 Å². The smallest absolute Gasteiger partial charge is 0.329 e. The Morgan fingerprint density at radius 3 is 2.58 bits per heavy atom. The fourth-order valence-electron chi connectivity index (χ4n) is 3.15. The predicted octanol–water partition coefficient (Wildman–Crippen LogP) is 2.96. The molecule has 1 amide bonds. The van der Waals surface area contributed by atoms with Crippen LogP contribution < -0.4 is 5.32 Å². The van der Waals surface area contributed by atoms with E-state index in [1.54, 1.807) is 23.7 Å². The molecule has 2 N–H and O–H groups in total. The van der Waals surface area contributed by atoms with E-state index >= 15 is 0 Å². The van der Waals surface area contributed by atoms with Crippen LogP contribution in [-0.2, 0) is 4.79 Å². The molecule has 1 fully saturated rings. The molecular weight excluding hydrogens is 330 g/mol. The lowest BCUT2D eigenvalue weighted by Gasteiger charge is -2.25. The van der Waals surface area contributed by atoms with Crippen LogP contribution in [0.4, 0.5) is 0 Å². The lowest BCUT2D eigenvalue weighted by Crippen LogP contribution is -2.52. The fourth-order valence-corrected chi connectivity index (χ4v) is 3.37. The maximum absolute atomic E-state index is 12.6. The number of carbonyl (C=O) groups excluding carboxylic acids is 1. The number of carbonyl (C=O) groups is 2. The Kier molecular flexibility index (Phi) is 4.32. The molecule has 0 radical (unpaired) electrons. The summed E-state index contributed by atoms with van der Waals surface area (Å²) in [6.07, 6.45) is 3.94. The molecule has 0 saturated heterocycles. The minimum atomic E-state index is -1.17. The van der Waals surface area contributed by atoms with Gasteiger partial charge in [-0.05, 0) is 31.9 Å². The van der Waals surface area contributed by atoms with E-state index in [2.05, 4.69) is 10.4 Å². The molecule has 1 aromatic carbocycles. The van der Waals surface area contributed by atoms with E-state index in [9.17, 15) is 14.7 Å². The maximum atomic E-state index is 12.6. The molecule has 7 heteroatoms. The third-order valence-electron chi connectivity index (χ3n) is 4.55. The normalized spacial score (nSPS) is 16.1. The SMILES string of the molecule is Cc1c(C(=O)NC2(C(=O)O)CCCC2)cnn1-c1ccccc1Cl. The van der Waals surface area contributed by atoms with Gasteiger partial charge in [0.2, 0.25) is 0 Å². The Balaban J connectivity index is 1.90. The Morgan fingerprint density at radius 1 is 1.29 bits per heavy atom. The first-order chi connectivity index (χ1) is 11.4. The van der Waals surface area contributed by atoms with Crippen molar-refractivity contribution in [1.82, 2.24) is 15.1 Å². The van der Waals surface area contributed by atoms with Crippen LogP contribution in [0, 0.1) is 6.92 Å². The summed E-state index contributed by atoms with van der Waals surface area (Å²) in [5, 5.41) is 17.0. The summed E-state index contributed by atoms with van der Waals surface area (Å²) >= 11 is 6.18. The van der Waals surface area contributed by atoms with Gasteiger partial charge in [-0.1, -0.05) is 36.6 Å². The topological polar surface area (TPSA) is 84.2 Å². The van der Waals surface area contributed by atoms with E-state index in [-0.39, 0.29) is 0 Å². The highest BCUT2D eigenvalue weighted by Gasteiger charge is 2.43. The van der Waals surface area contributed by atoms with Crippen LogP contribution in [0.15, 0.2) is 30.5 Å². The number of nitrogens with one attached hydrogen (secondary N) is 1. The molecule has 1 aliphatic rings. The van der Waals surface area contributed by atoms with Gasteiger partial charge in [0.25, 0.3) is 5.91 Å². The highest BCUT2D eigenvalue weighted by atomic mass is 35.5. The molecule has 2 aromatic rings. The van der Waals surface area contributed by atoms with Gasteiger partial charge in [0.05, 0.1) is 28.2 Å². The quantitative estimate of drug-likeness (QED) is 0.890. The minimum Gasteiger partial charge on any atom is -0.480 e. The summed E-state index contributed by atoms with van der Waals surface area (Å²) in [5.74, 6) is -1.40. The van der Waals surface area contributed by atoms with Crippen LogP contribution in [0.5, 0.6) is 0 Å². The van der Waals surface area contributed by atoms with Crippen LogP contribution in [0.25, 0.3) is 5.69 Å². The highest BCUT2D eigenvalue weighted by molar-refractivity contribution is 6.32. The summed E-state index contributed by atoms with van der Waals surface area (Å²) in [4.78, 5) is 24.2. The van der Waals surface area contributed by atoms with Gasteiger partial charge < -0.3 is 10.4 Å². The van der Waals surface area contributed by atoms with Gasteiger partial charge in [-0.25, -0.2) is 9.48 Å². The molecule has 1 heterocycles. The van der Waals surface area contributed by atoms with Crippen LogP contribution in [0.2, 0.25) is 5.02 Å². The second-order valence-electron chi connectivity index (χ2n) is 6.06. The third-order valence-corrected chi connectivity index (χ3v) is 4.87. The van der Waals surface area contributed by atoms with Crippen molar-refractivity contribution in [3.8, 4) is 5.69 Å². The van der Waals surface area contributed by atoms with Crippen molar-refractivity contribution in [2.75, 3.05) is 0 Å². The number of carboxylic acid groups (broad SMARTS) is 1. The zero-order valence-corrected chi connectivity index (χ0v) is 14.0. The summed E-state index contributed by atoms with van der Waals surface area (Å²) in [6, 6.07) is 7.20. The van der Waals surface area contributed by atoms with E-state index in [0.717, 1.165) is 12.8 Å². The molecule has 0 aliphatic heterocycles. The molecule has 1 aliphatic carbocycles. The molecule has 0 bridgehead atoms. The van der Waals surface area contributed by atoms with Crippen molar-refractivity contribution < 1.29 is 14.7 Å². The number of aromatic nitrogens is 2. The predicted molar refractivity (Wildman–Crippen MR) is 89.6 cm³/mol. The van der Waals surface area contributed by atoms with E-state index in [1.165, 1.54) is 6.20 Å². The van der Waals surface area contributed by atoms with E-state index < -0.39 is 17.4 Å². The summed E-state index contributed by atoms with van der Waals surface area (Å²) in [6.45, 7) is 1.76. The zero-order chi connectivity index (χ0) is 17.3. The number of hydrogen-bond donors (Lipinski definition) is 2. The zero-order valence-electron chi connectivity index (χ0n) is 13.3. The van der Waals surface area contributed by atoms with Crippen LogP contribution in [0.1, 0.15) is 41.7 Å². The molecule has 24 heavy (non-hydrogen) atoms. The standard InChI is InChI=1S/C17H18ClN3O3/c1-11-12(10-19-21(11)14-7-3-2-6-13(14)18)15(22)20-17(16(23)24)8-4-5-9-17/h2-3,6-7,10H,4-5,8-9H2,1H3,(H,20,22)(H,23,24). The Morgan fingerprint density at radius 2 is 1.96 bits per heavy atom. The second-order valence-corrected chi connectivity index (χ2v) is 6.46. The van der Waals surface area contributed by atoms with Gasteiger partial charge in [0, 0.05) is 0 Å². The monoisotopic (exact) mass is 347 g/mol. The number of halogens is 1. The number of rotatable bonds is 4. The lowest BCUT2D eigenvalue weighted by atomic mass is 9.97. The number of nitrogens with zero attached hydrogens (tertiary/aromatic N) is 2. The van der Waals surface area contributed by atoms with Crippen molar-refractivity contribution in [2.45, 2.75) is 38.1 Å². The molecular formula is C17H18ClN3O3. The molecule has 1 saturated carbocycles. The summed E-state index contributed by atoms with van der Waals surface area (Å²) < 4.78 is 1.58. The first-order valence-electron chi connectivity index (χ1n) is 7.80. The molecule has 6 nitrogen and oxygen atoms in total. The number of aliphatic carboxylic acids is 1. The highest BCUT2D eigenvalue weighted by Crippen LogP contribution is 2.30. The number of hydrogen-bond acceptors (Lipinski definition) is 3. The second kappa shape index (κ2) is 6.28. The Labute approximate surface area is 144 Å². The van der Waals surface area contributed by atoms with Crippen molar-refractivity contribution in [3.05, 3.63) is 46.7 Å². The molecule has 0 spiro atoms. The molecule has 0 atom stereocenters. The van der Waals surface area contributed by atoms with Gasteiger partial charge in [0.1, 0.15) is 5.54 Å². The van der Waals surface area contributed by atoms with Crippen LogP contribution in [-0.4, -0.2) is 32.3 Å². The molecule has 1 aromatic heterocycles.